The molecule has 0 unspecified atom stereocenters. The lowest BCUT2D eigenvalue weighted by atomic mass is 10.3. The Kier molecular flexibility index (Phi) is 5.77. The quantitative estimate of drug-likeness (QED) is 0.751. The Labute approximate surface area is 120 Å². The van der Waals surface area contributed by atoms with E-state index in [2.05, 4.69) is 34.3 Å². The monoisotopic (exact) mass is 273 g/mol. The van der Waals surface area contributed by atoms with Crippen LogP contribution >= 0.6 is 0 Å². The minimum Gasteiger partial charge on any atom is -0.472 e. The molecule has 108 valence electrons. The molecule has 1 N–H and O–H groups in total. The van der Waals surface area contributed by atoms with Gasteiger partial charge in [-0.15, -0.1) is 0 Å². The number of aryl methyl sites for hydroxylation is 1. The number of furan rings is 1. The fourth-order valence-electron chi connectivity index (χ4n) is 2.13. The molecule has 4 nitrogen and oxygen atoms in total. The van der Waals surface area contributed by atoms with Crippen molar-refractivity contribution < 1.29 is 4.42 Å². The highest BCUT2D eigenvalue weighted by atomic mass is 16.3. The lowest BCUT2D eigenvalue weighted by Gasteiger charge is -2.20. The van der Waals surface area contributed by atoms with E-state index in [1.807, 2.05) is 19.1 Å². The van der Waals surface area contributed by atoms with Gasteiger partial charge in [-0.2, -0.15) is 0 Å². The number of likely N-dealkylation sites (N-methyl/N-ethyl adjacent to an activating group) is 1. The molecule has 0 aliphatic carbocycles. The first kappa shape index (κ1) is 14.8. The van der Waals surface area contributed by atoms with Crippen LogP contribution in [0.3, 0.4) is 0 Å². The third-order valence-electron chi connectivity index (χ3n) is 3.29. The molecule has 0 radical (unpaired) electrons. The number of hydrogen-bond donors (Lipinski definition) is 1. The van der Waals surface area contributed by atoms with Crippen molar-refractivity contribution in [3.05, 3.63) is 53.7 Å². The number of nitrogens with one attached hydrogen (secondary N) is 1. The third kappa shape index (κ3) is 4.79. The van der Waals surface area contributed by atoms with Crippen LogP contribution in [0.5, 0.6) is 0 Å². The number of hydrogen-bond acceptors (Lipinski definition) is 4. The first-order chi connectivity index (χ1) is 9.78. The molecule has 0 bridgehead atoms. The van der Waals surface area contributed by atoms with Crippen LogP contribution < -0.4 is 5.32 Å². The van der Waals surface area contributed by atoms with Gasteiger partial charge in [0.05, 0.1) is 18.2 Å². The summed E-state index contributed by atoms with van der Waals surface area (Å²) < 4.78 is 5.05. The first-order valence-corrected chi connectivity index (χ1v) is 7.14. The van der Waals surface area contributed by atoms with Gasteiger partial charge in [-0.3, -0.25) is 9.88 Å². The first-order valence-electron chi connectivity index (χ1n) is 7.14. The zero-order valence-corrected chi connectivity index (χ0v) is 12.3. The molecule has 20 heavy (non-hydrogen) atoms. The summed E-state index contributed by atoms with van der Waals surface area (Å²) in [5.41, 5.74) is 3.41. The summed E-state index contributed by atoms with van der Waals surface area (Å²) in [6.07, 6.45) is 3.49. The summed E-state index contributed by atoms with van der Waals surface area (Å²) in [5, 5.41) is 3.43. The van der Waals surface area contributed by atoms with E-state index in [1.54, 1.807) is 12.5 Å². The fourth-order valence-corrected chi connectivity index (χ4v) is 2.13. The van der Waals surface area contributed by atoms with Crippen LogP contribution in [-0.4, -0.2) is 29.5 Å². The predicted molar refractivity (Wildman–Crippen MR) is 80.3 cm³/mol. The standard InChI is InChI=1S/C16H23N3O/c1-3-19(12-16-6-4-5-14(2)18-16)9-8-17-11-15-7-10-20-13-15/h4-7,10,13,17H,3,8-9,11-12H2,1-2H3. The molecule has 2 aromatic heterocycles. The summed E-state index contributed by atoms with van der Waals surface area (Å²) in [6, 6.07) is 8.19. The maximum absolute atomic E-state index is 5.05. The number of nitrogens with zero attached hydrogens (tertiary/aromatic N) is 2. The van der Waals surface area contributed by atoms with Crippen LogP contribution in [0.2, 0.25) is 0 Å². The van der Waals surface area contributed by atoms with Gasteiger partial charge in [0.15, 0.2) is 0 Å². The van der Waals surface area contributed by atoms with Crippen LogP contribution in [0.4, 0.5) is 0 Å². The minimum atomic E-state index is 0.858. The van der Waals surface area contributed by atoms with E-state index in [9.17, 15) is 0 Å². The highest BCUT2D eigenvalue weighted by Crippen LogP contribution is 2.03. The Morgan fingerprint density at radius 1 is 1.30 bits per heavy atom. The molecular weight excluding hydrogens is 250 g/mol. The van der Waals surface area contributed by atoms with Gasteiger partial charge in [0, 0.05) is 37.4 Å². The Bertz CT molecular complexity index is 496. The molecule has 0 aliphatic rings. The average molecular weight is 273 g/mol. The Balaban J connectivity index is 1.72. The van der Waals surface area contributed by atoms with Gasteiger partial charge < -0.3 is 9.73 Å². The molecule has 2 heterocycles. The van der Waals surface area contributed by atoms with Crippen LogP contribution in [0.1, 0.15) is 23.9 Å². The summed E-state index contributed by atoms with van der Waals surface area (Å²) in [6.45, 7) is 9.00. The predicted octanol–water partition coefficient (Wildman–Crippen LogP) is 2.59. The molecule has 0 saturated heterocycles. The minimum absolute atomic E-state index is 0.858. The van der Waals surface area contributed by atoms with Crippen LogP contribution in [0.15, 0.2) is 41.2 Å². The molecule has 2 rings (SSSR count). The summed E-state index contributed by atoms with van der Waals surface area (Å²) >= 11 is 0. The average Bonchev–Trinajstić information content (AvgIpc) is 2.95. The second-order valence-corrected chi connectivity index (χ2v) is 4.95. The summed E-state index contributed by atoms with van der Waals surface area (Å²) in [4.78, 5) is 6.95. The molecule has 4 heteroatoms. The molecular formula is C16H23N3O. The molecule has 0 aliphatic heterocycles. The number of rotatable bonds is 8. The Hall–Kier alpha value is -1.65. The second kappa shape index (κ2) is 7.82. The van der Waals surface area contributed by atoms with E-state index < -0.39 is 0 Å². The largest absolute Gasteiger partial charge is 0.472 e. The summed E-state index contributed by atoms with van der Waals surface area (Å²) in [5.74, 6) is 0. The van der Waals surface area contributed by atoms with Crippen molar-refractivity contribution in [2.75, 3.05) is 19.6 Å². The van der Waals surface area contributed by atoms with Crippen molar-refractivity contribution in [2.24, 2.45) is 0 Å². The van der Waals surface area contributed by atoms with Crippen molar-refractivity contribution in [3.63, 3.8) is 0 Å². The van der Waals surface area contributed by atoms with Gasteiger partial charge in [0.25, 0.3) is 0 Å². The second-order valence-electron chi connectivity index (χ2n) is 4.95. The highest BCUT2D eigenvalue weighted by molar-refractivity contribution is 5.09. The zero-order chi connectivity index (χ0) is 14.2. The van der Waals surface area contributed by atoms with Crippen LogP contribution in [-0.2, 0) is 13.1 Å². The van der Waals surface area contributed by atoms with E-state index >= 15 is 0 Å². The Morgan fingerprint density at radius 3 is 2.90 bits per heavy atom. The molecule has 0 saturated carbocycles. The van der Waals surface area contributed by atoms with Gasteiger partial charge in [-0.25, -0.2) is 0 Å². The third-order valence-corrected chi connectivity index (χ3v) is 3.29. The van der Waals surface area contributed by atoms with Crippen molar-refractivity contribution >= 4 is 0 Å². The summed E-state index contributed by atoms with van der Waals surface area (Å²) in [7, 11) is 0. The SMILES string of the molecule is CCN(CCNCc1ccoc1)Cc1cccc(C)n1. The molecule has 0 atom stereocenters. The van der Waals surface area contributed by atoms with Crippen LogP contribution in [0, 0.1) is 6.92 Å². The van der Waals surface area contributed by atoms with E-state index in [0.29, 0.717) is 0 Å². The van der Waals surface area contributed by atoms with Crippen molar-refractivity contribution in [1.29, 1.82) is 0 Å². The van der Waals surface area contributed by atoms with E-state index in [1.165, 1.54) is 5.56 Å². The Morgan fingerprint density at radius 2 is 2.20 bits per heavy atom. The van der Waals surface area contributed by atoms with E-state index in [4.69, 9.17) is 4.42 Å². The fraction of sp³-hybridized carbons (Fsp3) is 0.438. The number of aromatic nitrogens is 1. The van der Waals surface area contributed by atoms with Crippen LogP contribution in [0.25, 0.3) is 0 Å². The van der Waals surface area contributed by atoms with Gasteiger partial charge in [0.1, 0.15) is 0 Å². The van der Waals surface area contributed by atoms with E-state index in [0.717, 1.165) is 44.1 Å². The smallest absolute Gasteiger partial charge is 0.0947 e. The van der Waals surface area contributed by atoms with Crippen molar-refractivity contribution in [3.8, 4) is 0 Å². The molecule has 0 amide bonds. The normalized spacial score (nSPS) is 11.2. The van der Waals surface area contributed by atoms with Gasteiger partial charge >= 0.3 is 0 Å². The highest BCUT2D eigenvalue weighted by Gasteiger charge is 2.04. The van der Waals surface area contributed by atoms with Gasteiger partial charge in [-0.1, -0.05) is 13.0 Å². The molecule has 0 aromatic carbocycles. The maximum atomic E-state index is 5.05. The van der Waals surface area contributed by atoms with Crippen molar-refractivity contribution in [2.45, 2.75) is 26.9 Å². The lowest BCUT2D eigenvalue weighted by molar-refractivity contribution is 0.275. The molecule has 2 aromatic rings. The zero-order valence-electron chi connectivity index (χ0n) is 12.3. The topological polar surface area (TPSA) is 41.3 Å². The van der Waals surface area contributed by atoms with Gasteiger partial charge in [0.2, 0.25) is 0 Å². The molecule has 0 spiro atoms. The van der Waals surface area contributed by atoms with Crippen molar-refractivity contribution in [1.82, 2.24) is 15.2 Å². The molecule has 0 fully saturated rings. The van der Waals surface area contributed by atoms with E-state index in [-0.39, 0.29) is 0 Å². The van der Waals surface area contributed by atoms with Gasteiger partial charge in [-0.05, 0) is 31.7 Å². The number of pyridine rings is 1. The maximum Gasteiger partial charge on any atom is 0.0947 e. The lowest BCUT2D eigenvalue weighted by Crippen LogP contribution is -2.31.